The Hall–Kier alpha value is -1.92. The second kappa shape index (κ2) is 7.40. The number of phosphoric acid groups is 1. The molecule has 0 aliphatic carbocycles. The maximum absolute atomic E-state index is 15.2. The predicted molar refractivity (Wildman–Crippen MR) is 97.3 cm³/mol. The Morgan fingerprint density at radius 1 is 1.38 bits per heavy atom. The zero-order valence-corrected chi connectivity index (χ0v) is 16.3. The van der Waals surface area contributed by atoms with E-state index in [1.807, 2.05) is 0 Å². The van der Waals surface area contributed by atoms with Crippen molar-refractivity contribution in [3.63, 3.8) is 0 Å². The molecule has 29 heavy (non-hydrogen) atoms. The summed E-state index contributed by atoms with van der Waals surface area (Å²) in [7, 11) is -4.20. The van der Waals surface area contributed by atoms with Crippen molar-refractivity contribution in [1.29, 1.82) is 0 Å². The van der Waals surface area contributed by atoms with Gasteiger partial charge in [-0.2, -0.15) is 0 Å². The van der Waals surface area contributed by atoms with Crippen LogP contribution in [0.15, 0.2) is 41.3 Å². The van der Waals surface area contributed by atoms with Gasteiger partial charge in [0.15, 0.2) is 6.23 Å². The highest BCUT2D eigenvalue weighted by atomic mass is 32.1. The predicted octanol–water partition coefficient (Wildman–Crippen LogP) is 1.56. The molecule has 1 aromatic heterocycles. The zero-order chi connectivity index (χ0) is 20.8. The molecule has 156 valence electrons. The quantitative estimate of drug-likeness (QED) is 0.473. The summed E-state index contributed by atoms with van der Waals surface area (Å²) in [4.78, 5) is 14.3. The minimum atomic E-state index is -4.20. The van der Waals surface area contributed by atoms with Gasteiger partial charge in [0.2, 0.25) is 0 Å². The van der Waals surface area contributed by atoms with Crippen LogP contribution < -0.4 is 10.2 Å². The maximum atomic E-state index is 15.2. The van der Waals surface area contributed by atoms with Crippen LogP contribution in [0.5, 0.6) is 5.75 Å². The molecule has 0 radical (unpaired) electrons. The first-order valence-electron chi connectivity index (χ1n) is 8.42. The number of aliphatic hydroxyl groups excluding tert-OH is 2. The third-order valence-electron chi connectivity index (χ3n) is 4.48. The van der Waals surface area contributed by atoms with Crippen LogP contribution >= 0.6 is 20.0 Å². The van der Waals surface area contributed by atoms with Crippen LogP contribution in [0, 0.1) is 4.64 Å². The summed E-state index contributed by atoms with van der Waals surface area (Å²) < 4.78 is 49.1. The van der Waals surface area contributed by atoms with Crippen molar-refractivity contribution in [1.82, 2.24) is 9.55 Å². The fourth-order valence-corrected chi connectivity index (χ4v) is 4.34. The third kappa shape index (κ3) is 3.80. The first kappa shape index (κ1) is 20.4. The normalized spacial score (nSPS) is 33.8. The summed E-state index contributed by atoms with van der Waals surface area (Å²) >= 11 is 4.81. The lowest BCUT2D eigenvalue weighted by Gasteiger charge is -2.28. The van der Waals surface area contributed by atoms with E-state index in [1.54, 1.807) is 24.3 Å². The number of H-pyrrole nitrogens is 1. The van der Waals surface area contributed by atoms with Crippen LogP contribution in [-0.2, 0) is 25.0 Å². The van der Waals surface area contributed by atoms with E-state index in [0.717, 1.165) is 4.57 Å². The summed E-state index contributed by atoms with van der Waals surface area (Å²) in [5.41, 5.74) is -0.145. The lowest BCUT2D eigenvalue weighted by molar-refractivity contribution is -0.205. The molecule has 13 heteroatoms. The topological polar surface area (TPSA) is 132 Å². The van der Waals surface area contributed by atoms with E-state index >= 15 is 4.39 Å². The molecule has 0 amide bonds. The number of hydrogen-bond donors (Lipinski definition) is 3. The number of aromatic nitrogens is 2. The number of alkyl halides is 1. The smallest absolute Gasteiger partial charge is 0.404 e. The number of benzene rings is 1. The van der Waals surface area contributed by atoms with Crippen molar-refractivity contribution in [2.75, 3.05) is 6.61 Å². The molecule has 0 saturated carbocycles. The Morgan fingerprint density at radius 3 is 2.90 bits per heavy atom. The number of halogens is 1. The van der Waals surface area contributed by atoms with Crippen molar-refractivity contribution < 1.29 is 37.5 Å². The largest absolute Gasteiger partial charge is 0.530 e. The molecule has 2 aliphatic heterocycles. The average molecular weight is 446 g/mol. The highest BCUT2D eigenvalue weighted by Gasteiger charge is 2.57. The van der Waals surface area contributed by atoms with Crippen LogP contribution in [0.25, 0.3) is 0 Å². The highest BCUT2D eigenvalue weighted by molar-refractivity contribution is 7.71. The van der Waals surface area contributed by atoms with Gasteiger partial charge in [-0.25, -0.2) is 13.8 Å². The van der Waals surface area contributed by atoms with Crippen molar-refractivity contribution >= 4 is 20.0 Å². The lowest BCUT2D eigenvalue weighted by atomic mass is 10.1. The average Bonchev–Trinajstić information content (AvgIpc) is 2.91. The standard InChI is InChI=1S/C16H16FN2O8PS/c17-16(8-25-28(23)24-7-9-3-1-2-4-10(9)27-28)13(21)12(20)14(26-16)19-6-5-11(29)18-15(19)22/h1-6,12-14,20-21H,7-8H2,(H,18,22,29)/t12-,13+,14-,16-,28?/m1/s1. The van der Waals surface area contributed by atoms with E-state index in [0.29, 0.717) is 5.56 Å². The fraction of sp³-hybridized carbons (Fsp3) is 0.375. The number of nitrogens with one attached hydrogen (secondary N) is 1. The molecule has 2 aromatic rings. The van der Waals surface area contributed by atoms with Crippen LogP contribution in [0.2, 0.25) is 0 Å². The van der Waals surface area contributed by atoms with Crippen molar-refractivity contribution in [3.05, 3.63) is 57.2 Å². The number of para-hydroxylation sites is 1. The number of fused-ring (bicyclic) bond motifs is 1. The molecule has 3 N–H and O–H groups in total. The number of aromatic amines is 1. The molecule has 1 unspecified atom stereocenters. The number of nitrogens with zero attached hydrogens (tertiary/aromatic N) is 1. The molecule has 1 aromatic carbocycles. The highest BCUT2D eigenvalue weighted by Crippen LogP contribution is 2.55. The summed E-state index contributed by atoms with van der Waals surface area (Å²) in [6.45, 7) is -1.17. The Kier molecular flexibility index (Phi) is 5.20. The van der Waals surface area contributed by atoms with Gasteiger partial charge < -0.3 is 19.5 Å². The Bertz CT molecular complexity index is 1090. The first-order chi connectivity index (χ1) is 13.7. The number of hydrogen-bond acceptors (Lipinski definition) is 9. The monoisotopic (exact) mass is 446 g/mol. The first-order valence-corrected chi connectivity index (χ1v) is 10.3. The third-order valence-corrected chi connectivity index (χ3v) is 6.03. The van der Waals surface area contributed by atoms with E-state index in [2.05, 4.69) is 4.98 Å². The fourth-order valence-electron chi connectivity index (χ4n) is 2.96. The summed E-state index contributed by atoms with van der Waals surface area (Å²) in [6, 6.07) is 7.96. The lowest BCUT2D eigenvalue weighted by Crippen LogP contribution is -2.43. The molecule has 2 aliphatic rings. The number of phosphoric ester groups is 1. The van der Waals surface area contributed by atoms with Gasteiger partial charge in [0, 0.05) is 11.8 Å². The van der Waals surface area contributed by atoms with Gasteiger partial charge >= 0.3 is 13.5 Å². The second-order valence-electron chi connectivity index (χ2n) is 6.44. The molecule has 10 nitrogen and oxygen atoms in total. The van der Waals surface area contributed by atoms with E-state index in [-0.39, 0.29) is 17.0 Å². The molecule has 1 saturated heterocycles. The Balaban J connectivity index is 1.51. The number of rotatable bonds is 4. The van der Waals surface area contributed by atoms with Crippen LogP contribution in [-0.4, -0.2) is 44.4 Å². The molecule has 0 spiro atoms. The Morgan fingerprint density at radius 2 is 2.14 bits per heavy atom. The van der Waals surface area contributed by atoms with E-state index < -0.39 is 44.4 Å². The molecule has 3 heterocycles. The van der Waals surface area contributed by atoms with E-state index in [4.69, 9.17) is 30.5 Å². The molecular formula is C16H16FN2O8PS. The molecule has 1 fully saturated rings. The molecule has 5 atom stereocenters. The van der Waals surface area contributed by atoms with Gasteiger partial charge in [0.1, 0.15) is 29.2 Å². The van der Waals surface area contributed by atoms with Crippen LogP contribution in [0.3, 0.4) is 0 Å². The van der Waals surface area contributed by atoms with Crippen LogP contribution in [0.4, 0.5) is 4.39 Å². The van der Waals surface area contributed by atoms with Gasteiger partial charge in [-0.3, -0.25) is 18.6 Å². The zero-order valence-electron chi connectivity index (χ0n) is 14.6. The summed E-state index contributed by atoms with van der Waals surface area (Å²) in [5, 5.41) is 20.3. The Labute approximate surface area is 168 Å². The SMILES string of the molecule is O=c1[nH]c(=S)ccn1[C@@H]1O[C@](F)(COP2(=O)OCc3ccccc3O2)[C@@H](O)[C@H]1O. The minimum Gasteiger partial charge on any atom is -0.404 e. The molecular weight excluding hydrogens is 430 g/mol. The van der Waals surface area contributed by atoms with Gasteiger partial charge in [-0.15, -0.1) is 0 Å². The molecule has 0 bridgehead atoms. The van der Waals surface area contributed by atoms with Crippen LogP contribution in [0.1, 0.15) is 11.8 Å². The van der Waals surface area contributed by atoms with Gasteiger partial charge in [0.25, 0.3) is 5.85 Å². The maximum Gasteiger partial charge on any atom is 0.530 e. The van der Waals surface area contributed by atoms with E-state index in [9.17, 15) is 19.6 Å². The summed E-state index contributed by atoms with van der Waals surface area (Å²) in [5.74, 6) is -2.73. The number of aliphatic hydroxyl groups is 2. The van der Waals surface area contributed by atoms with Crippen molar-refractivity contribution in [3.8, 4) is 5.75 Å². The van der Waals surface area contributed by atoms with Gasteiger partial charge in [0.05, 0.1) is 6.61 Å². The van der Waals surface area contributed by atoms with Crippen molar-refractivity contribution in [2.45, 2.75) is 30.9 Å². The second-order valence-corrected chi connectivity index (χ2v) is 8.47. The van der Waals surface area contributed by atoms with Crippen molar-refractivity contribution in [2.24, 2.45) is 0 Å². The van der Waals surface area contributed by atoms with Gasteiger partial charge in [-0.1, -0.05) is 30.4 Å². The number of ether oxygens (including phenoxy) is 1. The van der Waals surface area contributed by atoms with Gasteiger partial charge in [-0.05, 0) is 12.1 Å². The minimum absolute atomic E-state index is 0.0833. The summed E-state index contributed by atoms with van der Waals surface area (Å²) in [6.07, 6.45) is -4.32. The van der Waals surface area contributed by atoms with E-state index in [1.165, 1.54) is 12.3 Å². The molecule has 4 rings (SSSR count).